The van der Waals surface area contributed by atoms with Gasteiger partial charge in [0.15, 0.2) is 0 Å². The number of carbonyl (C=O) groups excluding carboxylic acids is 1. The Morgan fingerprint density at radius 1 is 1.55 bits per heavy atom. The third-order valence-electron chi connectivity index (χ3n) is 3.63. The molecular formula is C14H20BrClN2O2. The third-order valence-corrected chi connectivity index (χ3v) is 4.12. The monoisotopic (exact) mass is 362 g/mol. The number of hydrogen-bond acceptors (Lipinski definition) is 3. The van der Waals surface area contributed by atoms with Gasteiger partial charge in [0.05, 0.1) is 12.1 Å². The molecule has 4 nitrogen and oxygen atoms in total. The van der Waals surface area contributed by atoms with E-state index in [0.717, 1.165) is 29.3 Å². The van der Waals surface area contributed by atoms with Gasteiger partial charge < -0.3 is 15.8 Å². The molecule has 1 aliphatic carbocycles. The summed E-state index contributed by atoms with van der Waals surface area (Å²) in [4.78, 5) is 12.1. The number of hydrogen-bond donors (Lipinski definition) is 2. The van der Waals surface area contributed by atoms with Crippen molar-refractivity contribution in [1.82, 2.24) is 5.32 Å². The van der Waals surface area contributed by atoms with E-state index < -0.39 is 6.04 Å². The predicted octanol–water partition coefficient (Wildman–Crippen LogP) is 2.34. The Bertz CT molecular complexity index is 466. The first-order chi connectivity index (χ1) is 9.07. The van der Waals surface area contributed by atoms with Crippen molar-refractivity contribution in [3.05, 3.63) is 34.3 Å². The van der Waals surface area contributed by atoms with Crippen LogP contribution in [-0.2, 0) is 15.1 Å². The molecule has 112 valence electrons. The van der Waals surface area contributed by atoms with Crippen LogP contribution in [0, 0.1) is 0 Å². The molecule has 0 saturated heterocycles. The van der Waals surface area contributed by atoms with Crippen LogP contribution < -0.4 is 11.1 Å². The number of rotatable bonds is 5. The van der Waals surface area contributed by atoms with Gasteiger partial charge in [-0.1, -0.05) is 28.1 Å². The maximum Gasteiger partial charge on any atom is 0.239 e. The van der Waals surface area contributed by atoms with E-state index >= 15 is 0 Å². The predicted molar refractivity (Wildman–Crippen MR) is 84.9 cm³/mol. The van der Waals surface area contributed by atoms with Gasteiger partial charge in [0.1, 0.15) is 6.04 Å². The van der Waals surface area contributed by atoms with Crippen molar-refractivity contribution >= 4 is 34.2 Å². The fourth-order valence-electron chi connectivity index (χ4n) is 2.39. The molecule has 1 aliphatic rings. The summed E-state index contributed by atoms with van der Waals surface area (Å²) in [6, 6.07) is 7.46. The highest BCUT2D eigenvalue weighted by Crippen LogP contribution is 2.41. The van der Waals surface area contributed by atoms with Gasteiger partial charge in [0.2, 0.25) is 5.91 Å². The molecule has 0 aliphatic heterocycles. The summed E-state index contributed by atoms with van der Waals surface area (Å²) in [7, 11) is 1.54. The Morgan fingerprint density at radius 2 is 2.25 bits per heavy atom. The van der Waals surface area contributed by atoms with Crippen LogP contribution in [0.4, 0.5) is 0 Å². The van der Waals surface area contributed by atoms with Crippen molar-refractivity contribution in [2.45, 2.75) is 30.8 Å². The molecule has 1 saturated carbocycles. The quantitative estimate of drug-likeness (QED) is 0.844. The molecule has 1 aromatic rings. The number of halogens is 2. The maximum atomic E-state index is 12.1. The molecule has 0 heterocycles. The molecule has 1 amide bonds. The number of nitrogens with one attached hydrogen (secondary N) is 1. The van der Waals surface area contributed by atoms with Crippen LogP contribution in [0.25, 0.3) is 0 Å². The molecule has 1 aromatic carbocycles. The van der Waals surface area contributed by atoms with E-state index in [1.54, 1.807) is 7.11 Å². The first-order valence-electron chi connectivity index (χ1n) is 6.40. The number of methoxy groups -OCH3 is 1. The van der Waals surface area contributed by atoms with E-state index in [1.807, 2.05) is 18.2 Å². The minimum absolute atomic E-state index is 0. The normalized spacial score (nSPS) is 17.6. The lowest BCUT2D eigenvalue weighted by molar-refractivity contribution is -0.126. The zero-order valence-electron chi connectivity index (χ0n) is 11.4. The second kappa shape index (κ2) is 7.41. The van der Waals surface area contributed by atoms with Gasteiger partial charge in [-0.15, -0.1) is 12.4 Å². The molecule has 6 heteroatoms. The Kier molecular flexibility index (Phi) is 6.45. The van der Waals surface area contributed by atoms with E-state index in [-0.39, 0.29) is 30.5 Å². The minimum atomic E-state index is -0.616. The van der Waals surface area contributed by atoms with Crippen LogP contribution >= 0.6 is 28.3 Å². The van der Waals surface area contributed by atoms with Crippen LogP contribution in [0.2, 0.25) is 0 Å². The van der Waals surface area contributed by atoms with Gasteiger partial charge in [0.25, 0.3) is 0 Å². The number of carbonyl (C=O) groups is 1. The number of nitrogens with two attached hydrogens (primary N) is 1. The standard InChI is InChI=1S/C14H19BrN2O2.ClH/c1-19-9-12(16)13(18)17-14(6-3-7-14)10-4-2-5-11(15)8-10;/h2,4-5,8,12H,3,6-7,9,16H2,1H3,(H,17,18);1H. The summed E-state index contributed by atoms with van der Waals surface area (Å²) in [5.74, 6) is -0.151. The molecule has 20 heavy (non-hydrogen) atoms. The van der Waals surface area contributed by atoms with Gasteiger partial charge >= 0.3 is 0 Å². The number of benzene rings is 1. The summed E-state index contributed by atoms with van der Waals surface area (Å²) in [5.41, 5.74) is 6.65. The molecule has 1 fully saturated rings. The van der Waals surface area contributed by atoms with Crippen LogP contribution in [0.5, 0.6) is 0 Å². The molecular weight excluding hydrogens is 344 g/mol. The summed E-state index contributed by atoms with van der Waals surface area (Å²) < 4.78 is 5.94. The van der Waals surface area contributed by atoms with Gasteiger partial charge in [-0.25, -0.2) is 0 Å². The SMILES string of the molecule is COCC(N)C(=O)NC1(c2cccc(Br)c2)CCC1.Cl. The van der Waals surface area contributed by atoms with Crippen molar-refractivity contribution in [1.29, 1.82) is 0 Å². The molecule has 0 radical (unpaired) electrons. The van der Waals surface area contributed by atoms with E-state index in [1.165, 1.54) is 0 Å². The van der Waals surface area contributed by atoms with Crippen LogP contribution in [0.1, 0.15) is 24.8 Å². The molecule has 1 unspecified atom stereocenters. The first kappa shape index (κ1) is 17.4. The Hall–Kier alpha value is -0.620. The van der Waals surface area contributed by atoms with Crippen molar-refractivity contribution in [3.63, 3.8) is 0 Å². The Labute approximate surface area is 134 Å². The molecule has 1 atom stereocenters. The number of amides is 1. The lowest BCUT2D eigenvalue weighted by Crippen LogP contribution is -2.56. The lowest BCUT2D eigenvalue weighted by atomic mass is 9.71. The van der Waals surface area contributed by atoms with Crippen LogP contribution in [0.3, 0.4) is 0 Å². The average Bonchev–Trinajstić information content (AvgIpc) is 2.33. The first-order valence-corrected chi connectivity index (χ1v) is 7.19. The summed E-state index contributed by atoms with van der Waals surface area (Å²) in [6.07, 6.45) is 3.02. The molecule has 2 rings (SSSR count). The van der Waals surface area contributed by atoms with Crippen LogP contribution in [-0.4, -0.2) is 25.7 Å². The topological polar surface area (TPSA) is 64.3 Å². The second-order valence-corrected chi connectivity index (χ2v) is 5.91. The van der Waals surface area contributed by atoms with E-state index in [9.17, 15) is 4.79 Å². The highest BCUT2D eigenvalue weighted by Gasteiger charge is 2.40. The second-order valence-electron chi connectivity index (χ2n) is 5.00. The highest BCUT2D eigenvalue weighted by atomic mass is 79.9. The third kappa shape index (κ3) is 3.73. The zero-order chi connectivity index (χ0) is 13.9. The van der Waals surface area contributed by atoms with Gasteiger partial charge in [-0.3, -0.25) is 4.79 Å². The smallest absolute Gasteiger partial charge is 0.239 e. The number of ether oxygens (including phenoxy) is 1. The lowest BCUT2D eigenvalue weighted by Gasteiger charge is -2.43. The summed E-state index contributed by atoms with van der Waals surface area (Å²) >= 11 is 3.47. The van der Waals surface area contributed by atoms with Crippen molar-refractivity contribution in [2.24, 2.45) is 5.73 Å². The Balaban J connectivity index is 0.00000200. The molecule has 0 bridgehead atoms. The largest absolute Gasteiger partial charge is 0.383 e. The van der Waals surface area contributed by atoms with E-state index in [0.29, 0.717) is 0 Å². The van der Waals surface area contributed by atoms with Gasteiger partial charge in [0, 0.05) is 11.6 Å². The van der Waals surface area contributed by atoms with Crippen molar-refractivity contribution < 1.29 is 9.53 Å². The van der Waals surface area contributed by atoms with Crippen molar-refractivity contribution in [2.75, 3.05) is 13.7 Å². The molecule has 0 aromatic heterocycles. The van der Waals surface area contributed by atoms with E-state index in [4.69, 9.17) is 10.5 Å². The maximum absolute atomic E-state index is 12.1. The fraction of sp³-hybridized carbons (Fsp3) is 0.500. The summed E-state index contributed by atoms with van der Waals surface area (Å²) in [6.45, 7) is 0.237. The fourth-order valence-corrected chi connectivity index (χ4v) is 2.79. The molecule has 3 N–H and O–H groups in total. The van der Waals surface area contributed by atoms with E-state index in [2.05, 4.69) is 27.3 Å². The van der Waals surface area contributed by atoms with Gasteiger partial charge in [-0.05, 0) is 37.0 Å². The van der Waals surface area contributed by atoms with Crippen molar-refractivity contribution in [3.8, 4) is 0 Å². The average molecular weight is 364 g/mol. The molecule has 0 spiro atoms. The minimum Gasteiger partial charge on any atom is -0.383 e. The highest BCUT2D eigenvalue weighted by molar-refractivity contribution is 9.10. The zero-order valence-corrected chi connectivity index (χ0v) is 13.8. The van der Waals surface area contributed by atoms with Crippen LogP contribution in [0.15, 0.2) is 28.7 Å². The summed E-state index contributed by atoms with van der Waals surface area (Å²) in [5, 5.41) is 3.09. The van der Waals surface area contributed by atoms with Gasteiger partial charge in [-0.2, -0.15) is 0 Å². The Morgan fingerprint density at radius 3 is 2.75 bits per heavy atom.